The molecule has 8 nitrogen and oxygen atoms in total. The van der Waals surface area contributed by atoms with Gasteiger partial charge in [-0.2, -0.15) is 0 Å². The Morgan fingerprint density at radius 3 is 2.39 bits per heavy atom. The van der Waals surface area contributed by atoms with E-state index in [1.807, 2.05) is 0 Å². The third-order valence-electron chi connectivity index (χ3n) is 1.86. The number of ether oxygens (including phenoxy) is 2. The number of carboxylic acids is 1. The topological polar surface area (TPSA) is 128 Å². The quantitative estimate of drug-likeness (QED) is 0.355. The molecule has 8 heteroatoms. The van der Waals surface area contributed by atoms with Crippen molar-refractivity contribution in [3.63, 3.8) is 0 Å². The van der Waals surface area contributed by atoms with Gasteiger partial charge in [-0.05, 0) is 13.8 Å². The molecule has 0 atom stereocenters. The molecule has 0 aromatic heterocycles. The maximum Gasteiger partial charge on any atom is 0.347 e. The fourth-order valence-electron chi connectivity index (χ4n) is 0.851. The number of esters is 2. The molecule has 4 N–H and O–H groups in total. The van der Waals surface area contributed by atoms with Crippen LogP contribution in [0.25, 0.3) is 0 Å². The second-order valence-electron chi connectivity index (χ2n) is 3.89. The zero-order chi connectivity index (χ0) is 14.2. The second kappa shape index (κ2) is 7.62. The standard InChI is InChI=1S/C10H18N2O6/c1-10(2,9(15)16)18-8(14)6-12-3-4-17-7(13)5-11/h12H,3-6,11H2,1-2H3,(H,15,16). The van der Waals surface area contributed by atoms with Gasteiger partial charge in [-0.15, -0.1) is 0 Å². The van der Waals surface area contributed by atoms with Crippen LogP contribution in [0, 0.1) is 0 Å². The molecule has 0 aliphatic heterocycles. The number of carbonyl (C=O) groups excluding carboxylic acids is 2. The van der Waals surface area contributed by atoms with E-state index in [-0.39, 0.29) is 26.2 Å². The first-order valence-electron chi connectivity index (χ1n) is 5.31. The van der Waals surface area contributed by atoms with Crippen molar-refractivity contribution in [1.82, 2.24) is 5.32 Å². The molecule has 0 amide bonds. The fourth-order valence-corrected chi connectivity index (χ4v) is 0.851. The van der Waals surface area contributed by atoms with Crippen LogP contribution in [0.1, 0.15) is 13.8 Å². The molecular weight excluding hydrogens is 244 g/mol. The highest BCUT2D eigenvalue weighted by atomic mass is 16.6. The lowest BCUT2D eigenvalue weighted by Gasteiger charge is -2.19. The summed E-state index contributed by atoms with van der Waals surface area (Å²) in [5, 5.41) is 11.4. The summed E-state index contributed by atoms with van der Waals surface area (Å²) in [6.07, 6.45) is 0. The summed E-state index contributed by atoms with van der Waals surface area (Å²) in [6, 6.07) is 0. The Balaban J connectivity index is 3.72. The number of nitrogens with one attached hydrogen (secondary N) is 1. The summed E-state index contributed by atoms with van der Waals surface area (Å²) in [4.78, 5) is 32.6. The third-order valence-corrected chi connectivity index (χ3v) is 1.86. The number of nitrogens with two attached hydrogens (primary N) is 1. The third kappa shape index (κ3) is 6.81. The van der Waals surface area contributed by atoms with E-state index >= 15 is 0 Å². The molecule has 0 radical (unpaired) electrons. The molecule has 0 aliphatic carbocycles. The molecule has 18 heavy (non-hydrogen) atoms. The van der Waals surface area contributed by atoms with Crippen LogP contribution >= 0.6 is 0 Å². The Kier molecular flexibility index (Phi) is 6.91. The van der Waals surface area contributed by atoms with Gasteiger partial charge in [0.2, 0.25) is 5.60 Å². The van der Waals surface area contributed by atoms with Gasteiger partial charge in [-0.25, -0.2) is 4.79 Å². The SMILES string of the molecule is CC(C)(OC(=O)CNCCOC(=O)CN)C(=O)O. The molecule has 0 fully saturated rings. The summed E-state index contributed by atoms with van der Waals surface area (Å²) >= 11 is 0. The molecule has 0 saturated carbocycles. The largest absolute Gasteiger partial charge is 0.478 e. The van der Waals surface area contributed by atoms with Crippen LogP contribution in [0.3, 0.4) is 0 Å². The van der Waals surface area contributed by atoms with Gasteiger partial charge in [-0.1, -0.05) is 0 Å². The van der Waals surface area contributed by atoms with Crippen molar-refractivity contribution in [3.8, 4) is 0 Å². The Labute approximate surface area is 104 Å². The molecular formula is C10H18N2O6. The highest BCUT2D eigenvalue weighted by Crippen LogP contribution is 2.08. The molecule has 104 valence electrons. The molecule has 0 rings (SSSR count). The summed E-state index contributed by atoms with van der Waals surface area (Å²) < 4.78 is 9.36. The van der Waals surface area contributed by atoms with Crippen molar-refractivity contribution >= 4 is 17.9 Å². The monoisotopic (exact) mass is 262 g/mol. The van der Waals surface area contributed by atoms with Crippen LogP contribution in [0.2, 0.25) is 0 Å². The number of carbonyl (C=O) groups is 3. The maximum absolute atomic E-state index is 11.2. The summed E-state index contributed by atoms with van der Waals surface area (Å²) in [5.41, 5.74) is 3.44. The summed E-state index contributed by atoms with van der Waals surface area (Å²) in [6.45, 7) is 2.50. The van der Waals surface area contributed by atoms with Crippen LogP contribution < -0.4 is 11.1 Å². The molecule has 0 spiro atoms. The molecule has 0 aromatic rings. The first-order chi connectivity index (χ1) is 8.29. The molecule has 0 heterocycles. The van der Waals surface area contributed by atoms with Crippen molar-refractivity contribution in [2.24, 2.45) is 5.73 Å². The van der Waals surface area contributed by atoms with Crippen LogP contribution in [-0.2, 0) is 23.9 Å². The van der Waals surface area contributed by atoms with Crippen molar-refractivity contribution in [3.05, 3.63) is 0 Å². The van der Waals surface area contributed by atoms with Gasteiger partial charge in [0.1, 0.15) is 6.61 Å². The minimum atomic E-state index is -1.56. The van der Waals surface area contributed by atoms with E-state index in [0.29, 0.717) is 0 Å². The van der Waals surface area contributed by atoms with Gasteiger partial charge < -0.3 is 25.6 Å². The highest BCUT2D eigenvalue weighted by Gasteiger charge is 2.31. The van der Waals surface area contributed by atoms with Gasteiger partial charge in [0.25, 0.3) is 0 Å². The van der Waals surface area contributed by atoms with Gasteiger partial charge >= 0.3 is 17.9 Å². The van der Waals surface area contributed by atoms with Crippen molar-refractivity contribution in [1.29, 1.82) is 0 Å². The predicted octanol–water partition coefficient (Wildman–Crippen LogP) is -1.52. The molecule has 0 saturated heterocycles. The van der Waals surface area contributed by atoms with Crippen molar-refractivity contribution in [2.75, 3.05) is 26.2 Å². The van der Waals surface area contributed by atoms with E-state index < -0.39 is 23.5 Å². The number of hydrogen-bond donors (Lipinski definition) is 3. The Morgan fingerprint density at radius 1 is 1.28 bits per heavy atom. The van der Waals surface area contributed by atoms with Crippen LogP contribution in [0.4, 0.5) is 0 Å². The van der Waals surface area contributed by atoms with Crippen LogP contribution in [0.15, 0.2) is 0 Å². The number of carboxylic acid groups (broad SMARTS) is 1. The normalized spacial score (nSPS) is 10.8. The van der Waals surface area contributed by atoms with Crippen molar-refractivity contribution in [2.45, 2.75) is 19.4 Å². The van der Waals surface area contributed by atoms with E-state index in [1.165, 1.54) is 13.8 Å². The lowest BCUT2D eigenvalue weighted by atomic mass is 10.1. The molecule has 0 unspecified atom stereocenters. The minimum Gasteiger partial charge on any atom is -0.478 e. The zero-order valence-electron chi connectivity index (χ0n) is 10.4. The van der Waals surface area contributed by atoms with Crippen molar-refractivity contribution < 1.29 is 29.0 Å². The second-order valence-corrected chi connectivity index (χ2v) is 3.89. The average molecular weight is 262 g/mol. The Bertz CT molecular complexity index is 315. The zero-order valence-corrected chi connectivity index (χ0v) is 10.4. The number of hydrogen-bond acceptors (Lipinski definition) is 7. The number of aliphatic carboxylic acids is 1. The first kappa shape index (κ1) is 16.3. The van der Waals surface area contributed by atoms with Gasteiger partial charge in [-0.3, -0.25) is 9.59 Å². The Hall–Kier alpha value is -1.67. The highest BCUT2D eigenvalue weighted by molar-refractivity contribution is 5.81. The van der Waals surface area contributed by atoms with Crippen LogP contribution in [-0.4, -0.2) is 54.9 Å². The van der Waals surface area contributed by atoms with E-state index in [1.54, 1.807) is 0 Å². The molecule has 0 bridgehead atoms. The Morgan fingerprint density at radius 2 is 1.89 bits per heavy atom. The van der Waals surface area contributed by atoms with E-state index in [9.17, 15) is 14.4 Å². The first-order valence-corrected chi connectivity index (χ1v) is 5.31. The maximum atomic E-state index is 11.2. The fraction of sp³-hybridized carbons (Fsp3) is 0.700. The van der Waals surface area contributed by atoms with E-state index in [0.717, 1.165) is 0 Å². The van der Waals surface area contributed by atoms with E-state index in [2.05, 4.69) is 10.1 Å². The lowest BCUT2D eigenvalue weighted by Crippen LogP contribution is -2.40. The predicted molar refractivity (Wildman–Crippen MR) is 60.7 cm³/mol. The van der Waals surface area contributed by atoms with Gasteiger partial charge in [0.15, 0.2) is 0 Å². The average Bonchev–Trinajstić information content (AvgIpc) is 2.27. The van der Waals surface area contributed by atoms with Gasteiger partial charge in [0.05, 0.1) is 13.1 Å². The van der Waals surface area contributed by atoms with E-state index in [4.69, 9.17) is 15.6 Å². The van der Waals surface area contributed by atoms with Crippen LogP contribution in [0.5, 0.6) is 0 Å². The van der Waals surface area contributed by atoms with Gasteiger partial charge in [0, 0.05) is 6.54 Å². The smallest absolute Gasteiger partial charge is 0.347 e. The summed E-state index contributed by atoms with van der Waals surface area (Å²) in [5.74, 6) is -2.47. The minimum absolute atomic E-state index is 0.0750. The number of rotatable bonds is 8. The molecule has 0 aromatic carbocycles. The summed E-state index contributed by atoms with van der Waals surface area (Å²) in [7, 11) is 0. The lowest BCUT2D eigenvalue weighted by molar-refractivity contribution is -0.173. The molecule has 0 aliphatic rings.